The van der Waals surface area contributed by atoms with Crippen molar-refractivity contribution in [2.24, 2.45) is 0 Å². The minimum atomic E-state index is -1.22. The molecule has 1 aromatic carbocycles. The highest BCUT2D eigenvalue weighted by Gasteiger charge is 2.42. The topological polar surface area (TPSA) is 156 Å². The number of amides is 4. The molecule has 0 bridgehead atoms. The molecule has 2 aliphatic rings. The fourth-order valence-electron chi connectivity index (χ4n) is 6.85. The van der Waals surface area contributed by atoms with Crippen LogP contribution in [0.4, 0.5) is 0 Å². The van der Waals surface area contributed by atoms with Crippen LogP contribution in [0.25, 0.3) is 0 Å². The van der Waals surface area contributed by atoms with Crippen LogP contribution in [-0.2, 0) is 30.4 Å². The third kappa shape index (κ3) is 13.1. The minimum Gasteiger partial charge on any atom is -0.508 e. The lowest BCUT2D eigenvalue weighted by Crippen LogP contribution is -2.54. The molecular weight excluding hydrogens is 612 g/mol. The van der Waals surface area contributed by atoms with Crippen LogP contribution >= 0.6 is 0 Å². The van der Waals surface area contributed by atoms with Crippen LogP contribution in [0.15, 0.2) is 24.3 Å². The van der Waals surface area contributed by atoms with Crippen LogP contribution in [0.3, 0.4) is 0 Å². The first-order valence-corrected chi connectivity index (χ1v) is 18.4. The third-order valence-electron chi connectivity index (χ3n) is 9.62. The largest absolute Gasteiger partial charge is 0.508 e. The van der Waals surface area contributed by atoms with Gasteiger partial charge in [0, 0.05) is 25.9 Å². The molecule has 3 atom stereocenters. The molecular formula is C37H58N4O7. The first-order chi connectivity index (χ1) is 23.2. The van der Waals surface area contributed by atoms with Crippen molar-refractivity contribution in [2.45, 2.75) is 147 Å². The number of hydrogen-bond acceptors (Lipinski definition) is 6. The van der Waals surface area contributed by atoms with Crippen LogP contribution in [0, 0.1) is 0 Å². The van der Waals surface area contributed by atoms with E-state index in [1.807, 2.05) is 0 Å². The summed E-state index contributed by atoms with van der Waals surface area (Å²) >= 11 is 0. The standard InChI is InChI=1S/C37H58N4O7/c1-2-3-4-5-6-7-8-9-10-11-12-13-14-19-34(44)40-24-16-18-32(40)36(46)41-25-15-17-31(41)35(45)38-27-33(43)39-30(37(47)48)26-28-20-22-29(42)23-21-28/h20-23,30-32,42H,2-19,24-27H2,1H3,(H,38,45)(H,39,43)(H,47,48)/t30?,31-,32-/m0/s1. The normalized spacial score (nSPS) is 18.1. The number of likely N-dealkylation sites (tertiary alicyclic amines) is 2. The predicted molar refractivity (Wildman–Crippen MR) is 184 cm³/mol. The van der Waals surface area contributed by atoms with E-state index in [0.29, 0.717) is 44.3 Å². The van der Waals surface area contributed by atoms with E-state index >= 15 is 0 Å². The van der Waals surface area contributed by atoms with Gasteiger partial charge in [0.05, 0.1) is 6.54 Å². The maximum atomic E-state index is 13.6. The van der Waals surface area contributed by atoms with Gasteiger partial charge in [-0.15, -0.1) is 0 Å². The van der Waals surface area contributed by atoms with Crippen molar-refractivity contribution in [3.05, 3.63) is 29.8 Å². The van der Waals surface area contributed by atoms with E-state index < -0.39 is 42.5 Å². The third-order valence-corrected chi connectivity index (χ3v) is 9.62. The quantitative estimate of drug-likeness (QED) is 0.125. The van der Waals surface area contributed by atoms with Gasteiger partial charge in [0.25, 0.3) is 0 Å². The van der Waals surface area contributed by atoms with E-state index in [2.05, 4.69) is 17.6 Å². The molecule has 2 fully saturated rings. The highest BCUT2D eigenvalue weighted by atomic mass is 16.4. The molecule has 2 saturated heterocycles. The fourth-order valence-corrected chi connectivity index (χ4v) is 6.85. The molecule has 268 valence electrons. The average Bonchev–Trinajstić information content (AvgIpc) is 3.77. The molecule has 48 heavy (non-hydrogen) atoms. The van der Waals surface area contributed by atoms with Gasteiger partial charge in [-0.2, -0.15) is 0 Å². The number of carboxylic acid groups (broad SMARTS) is 1. The van der Waals surface area contributed by atoms with Gasteiger partial charge in [-0.1, -0.05) is 96.1 Å². The number of aromatic hydroxyl groups is 1. The molecule has 0 aromatic heterocycles. The van der Waals surface area contributed by atoms with Crippen molar-refractivity contribution >= 4 is 29.6 Å². The second-order valence-corrected chi connectivity index (χ2v) is 13.5. The first-order valence-electron chi connectivity index (χ1n) is 18.4. The lowest BCUT2D eigenvalue weighted by molar-refractivity contribution is -0.146. The number of benzene rings is 1. The summed E-state index contributed by atoms with van der Waals surface area (Å²) in [5.41, 5.74) is 0.619. The fraction of sp³-hybridized carbons (Fsp3) is 0.703. The summed E-state index contributed by atoms with van der Waals surface area (Å²) in [6, 6.07) is 3.50. The zero-order valence-electron chi connectivity index (χ0n) is 28.9. The van der Waals surface area contributed by atoms with Crippen LogP contribution in [0.5, 0.6) is 5.75 Å². The molecule has 2 aliphatic heterocycles. The van der Waals surface area contributed by atoms with Gasteiger partial charge in [0.1, 0.15) is 23.9 Å². The Balaban J connectivity index is 1.36. The van der Waals surface area contributed by atoms with Crippen molar-refractivity contribution in [1.29, 1.82) is 0 Å². The number of aliphatic carboxylic acids is 1. The van der Waals surface area contributed by atoms with Crippen molar-refractivity contribution < 1.29 is 34.2 Å². The Bertz CT molecular complexity index is 1170. The van der Waals surface area contributed by atoms with Crippen molar-refractivity contribution in [3.8, 4) is 5.75 Å². The van der Waals surface area contributed by atoms with Crippen molar-refractivity contribution in [3.63, 3.8) is 0 Å². The van der Waals surface area contributed by atoms with Gasteiger partial charge in [0.15, 0.2) is 0 Å². The van der Waals surface area contributed by atoms with E-state index in [4.69, 9.17) is 0 Å². The molecule has 4 N–H and O–H groups in total. The van der Waals surface area contributed by atoms with E-state index in [9.17, 15) is 34.2 Å². The number of carbonyl (C=O) groups excluding carboxylic acids is 4. The SMILES string of the molecule is CCCCCCCCCCCCCCCC(=O)N1CCC[C@H]1C(=O)N1CCC[C@H]1C(=O)NCC(=O)NC(Cc1ccc(O)cc1)C(=O)O. The Morgan fingerprint density at radius 1 is 0.771 bits per heavy atom. The molecule has 4 amide bonds. The highest BCUT2D eigenvalue weighted by Crippen LogP contribution is 2.26. The first kappa shape index (κ1) is 38.8. The summed E-state index contributed by atoms with van der Waals surface area (Å²) in [7, 11) is 0. The number of phenols is 1. The van der Waals surface area contributed by atoms with Gasteiger partial charge in [0.2, 0.25) is 23.6 Å². The lowest BCUT2D eigenvalue weighted by Gasteiger charge is -2.31. The summed E-state index contributed by atoms with van der Waals surface area (Å²) < 4.78 is 0. The molecule has 0 radical (unpaired) electrons. The summed E-state index contributed by atoms with van der Waals surface area (Å²) in [6.07, 6.45) is 19.0. The monoisotopic (exact) mass is 670 g/mol. The molecule has 11 heteroatoms. The molecule has 11 nitrogen and oxygen atoms in total. The Morgan fingerprint density at radius 3 is 1.90 bits per heavy atom. The number of rotatable bonds is 22. The second kappa shape index (κ2) is 21.4. The van der Waals surface area contributed by atoms with Crippen molar-refractivity contribution in [2.75, 3.05) is 19.6 Å². The molecule has 3 rings (SSSR count). The summed E-state index contributed by atoms with van der Waals surface area (Å²) in [5.74, 6) is -2.51. The van der Waals surface area contributed by atoms with Gasteiger partial charge >= 0.3 is 5.97 Å². The lowest BCUT2D eigenvalue weighted by atomic mass is 10.0. The number of hydrogen-bond donors (Lipinski definition) is 4. The molecule has 2 heterocycles. The van der Waals surface area contributed by atoms with Crippen LogP contribution < -0.4 is 10.6 Å². The van der Waals surface area contributed by atoms with E-state index in [0.717, 1.165) is 25.7 Å². The molecule has 0 saturated carbocycles. The van der Waals surface area contributed by atoms with Gasteiger partial charge < -0.3 is 30.6 Å². The number of nitrogens with zero attached hydrogens (tertiary/aromatic N) is 2. The smallest absolute Gasteiger partial charge is 0.326 e. The average molecular weight is 671 g/mol. The van der Waals surface area contributed by atoms with E-state index in [1.165, 1.54) is 76.3 Å². The van der Waals surface area contributed by atoms with Crippen molar-refractivity contribution in [1.82, 2.24) is 20.4 Å². The summed E-state index contributed by atoms with van der Waals surface area (Å²) in [4.78, 5) is 67.3. The highest BCUT2D eigenvalue weighted by molar-refractivity contribution is 5.94. The molecule has 1 unspecified atom stereocenters. The minimum absolute atomic E-state index is 0.00563. The summed E-state index contributed by atoms with van der Waals surface area (Å²) in [6.45, 7) is 2.78. The Morgan fingerprint density at radius 2 is 1.31 bits per heavy atom. The van der Waals surface area contributed by atoms with E-state index in [1.54, 1.807) is 21.9 Å². The Labute approximate surface area is 286 Å². The zero-order chi connectivity index (χ0) is 34.7. The number of carbonyl (C=O) groups is 5. The Hall–Kier alpha value is -3.63. The van der Waals surface area contributed by atoms with Crippen LogP contribution in [-0.4, -0.2) is 87.4 Å². The van der Waals surface area contributed by atoms with Crippen LogP contribution in [0.1, 0.15) is 128 Å². The number of nitrogens with one attached hydrogen (secondary N) is 2. The van der Waals surface area contributed by atoms with Crippen LogP contribution in [0.2, 0.25) is 0 Å². The second-order valence-electron chi connectivity index (χ2n) is 13.5. The Kier molecular flexibility index (Phi) is 17.3. The molecule has 1 aromatic rings. The number of carboxylic acids is 1. The molecule has 0 spiro atoms. The number of phenolic OH excluding ortho intramolecular Hbond substituents is 1. The predicted octanol–water partition coefficient (Wildman–Crippen LogP) is 5.08. The van der Waals surface area contributed by atoms with Gasteiger partial charge in [-0.25, -0.2) is 4.79 Å². The maximum absolute atomic E-state index is 13.6. The number of unbranched alkanes of at least 4 members (excludes halogenated alkanes) is 12. The van der Waals surface area contributed by atoms with Gasteiger partial charge in [-0.05, 0) is 49.8 Å². The van der Waals surface area contributed by atoms with E-state index in [-0.39, 0.29) is 24.0 Å². The molecule has 0 aliphatic carbocycles. The maximum Gasteiger partial charge on any atom is 0.326 e. The summed E-state index contributed by atoms with van der Waals surface area (Å²) in [5, 5.41) is 24.0. The zero-order valence-corrected chi connectivity index (χ0v) is 28.9. The van der Waals surface area contributed by atoms with Gasteiger partial charge in [-0.3, -0.25) is 19.2 Å².